The zero-order valence-corrected chi connectivity index (χ0v) is 7.73. The molecule has 0 bridgehead atoms. The molecule has 4 heteroatoms. The Morgan fingerprint density at radius 1 is 1.55 bits per heavy atom. The second-order valence-corrected chi connectivity index (χ2v) is 2.30. The lowest BCUT2D eigenvalue weighted by Gasteiger charge is -2.00. The van der Waals surface area contributed by atoms with Gasteiger partial charge in [0, 0.05) is 12.8 Å². The van der Waals surface area contributed by atoms with E-state index in [0.717, 1.165) is 6.42 Å². The summed E-state index contributed by atoms with van der Waals surface area (Å²) >= 11 is 5.42. The van der Waals surface area contributed by atoms with Crippen molar-refractivity contribution in [3.05, 3.63) is 0 Å². The van der Waals surface area contributed by atoms with Crippen LogP contribution in [0.4, 0.5) is 0 Å². The Bertz CT molecular complexity index is 117. The highest BCUT2D eigenvalue weighted by atomic mass is 35.5. The van der Waals surface area contributed by atoms with Gasteiger partial charge in [0.1, 0.15) is 6.61 Å². The van der Waals surface area contributed by atoms with Gasteiger partial charge in [-0.2, -0.15) is 0 Å². The van der Waals surface area contributed by atoms with Gasteiger partial charge in [0.15, 0.2) is 0 Å². The van der Waals surface area contributed by atoms with Crippen LogP contribution in [-0.2, 0) is 9.57 Å². The summed E-state index contributed by atoms with van der Waals surface area (Å²) in [6, 6.07) is 0. The topological polar surface area (TPSA) is 30.8 Å². The molecule has 0 saturated heterocycles. The van der Waals surface area contributed by atoms with Crippen molar-refractivity contribution < 1.29 is 9.57 Å². The Hall–Kier alpha value is -0.440. The molecule has 0 spiro atoms. The van der Waals surface area contributed by atoms with E-state index in [0.29, 0.717) is 25.0 Å². The number of nitrogens with zero attached hydrogens (tertiary/aromatic N) is 1. The van der Waals surface area contributed by atoms with Gasteiger partial charge in [-0.05, 0) is 13.3 Å². The third-order valence-corrected chi connectivity index (χ3v) is 1.18. The monoisotopic (exact) mass is 179 g/mol. The highest BCUT2D eigenvalue weighted by Gasteiger charge is 1.88. The predicted octanol–water partition coefficient (Wildman–Crippen LogP) is 2.00. The first-order chi connectivity index (χ1) is 5.31. The molecule has 0 aliphatic heterocycles. The molecule has 11 heavy (non-hydrogen) atoms. The molecule has 0 heterocycles. The number of ether oxygens (including phenoxy) is 1. The van der Waals surface area contributed by atoms with Gasteiger partial charge in [-0.3, -0.25) is 0 Å². The fraction of sp³-hybridized carbons (Fsp3) is 0.857. The van der Waals surface area contributed by atoms with Crippen molar-refractivity contribution in [2.45, 2.75) is 20.3 Å². The van der Waals surface area contributed by atoms with E-state index in [9.17, 15) is 0 Å². The third kappa shape index (κ3) is 7.46. The Morgan fingerprint density at radius 2 is 2.27 bits per heavy atom. The van der Waals surface area contributed by atoms with Gasteiger partial charge in [0.25, 0.3) is 0 Å². The molecule has 0 aliphatic rings. The van der Waals surface area contributed by atoms with Gasteiger partial charge in [0.05, 0.1) is 6.61 Å². The lowest BCUT2D eigenvalue weighted by atomic mass is 10.5. The fourth-order valence-electron chi connectivity index (χ4n) is 0.491. The molecule has 3 nitrogen and oxygen atoms in total. The zero-order valence-electron chi connectivity index (χ0n) is 6.97. The molecular weight excluding hydrogens is 166 g/mol. The van der Waals surface area contributed by atoms with Crippen LogP contribution < -0.4 is 0 Å². The van der Waals surface area contributed by atoms with Gasteiger partial charge in [-0.15, -0.1) is 11.6 Å². The molecule has 0 fully saturated rings. The first-order valence-corrected chi connectivity index (χ1v) is 4.20. The molecule has 0 aromatic heterocycles. The number of hydrogen-bond acceptors (Lipinski definition) is 3. The molecular formula is C7H14ClNO2. The van der Waals surface area contributed by atoms with Crippen molar-refractivity contribution in [2.24, 2.45) is 5.16 Å². The van der Waals surface area contributed by atoms with Gasteiger partial charge in [0.2, 0.25) is 5.90 Å². The first-order valence-electron chi connectivity index (χ1n) is 3.66. The molecule has 0 atom stereocenters. The SMILES string of the molecule is CCOC(C)=NOCCCCl. The van der Waals surface area contributed by atoms with E-state index < -0.39 is 0 Å². The number of halogens is 1. The number of alkyl halides is 1. The lowest BCUT2D eigenvalue weighted by molar-refractivity contribution is 0.133. The summed E-state index contributed by atoms with van der Waals surface area (Å²) in [4.78, 5) is 4.87. The highest BCUT2D eigenvalue weighted by molar-refractivity contribution is 6.17. The summed E-state index contributed by atoms with van der Waals surface area (Å²) in [7, 11) is 0. The van der Waals surface area contributed by atoms with E-state index in [1.165, 1.54) is 0 Å². The van der Waals surface area contributed by atoms with Crippen LogP contribution in [0.5, 0.6) is 0 Å². The minimum atomic E-state index is 0.550. The number of rotatable bonds is 5. The number of oxime groups is 1. The van der Waals surface area contributed by atoms with Gasteiger partial charge < -0.3 is 9.57 Å². The second kappa shape index (κ2) is 7.66. The van der Waals surface area contributed by atoms with E-state index >= 15 is 0 Å². The number of hydrogen-bond donors (Lipinski definition) is 0. The van der Waals surface area contributed by atoms with Crippen molar-refractivity contribution in [1.29, 1.82) is 0 Å². The van der Waals surface area contributed by atoms with E-state index in [1.807, 2.05) is 6.92 Å². The zero-order chi connectivity index (χ0) is 8.53. The van der Waals surface area contributed by atoms with E-state index in [2.05, 4.69) is 5.16 Å². The van der Waals surface area contributed by atoms with Crippen molar-refractivity contribution in [2.75, 3.05) is 19.1 Å². The smallest absolute Gasteiger partial charge is 0.222 e. The third-order valence-electron chi connectivity index (χ3n) is 0.916. The summed E-state index contributed by atoms with van der Waals surface area (Å²) < 4.78 is 5.01. The molecule has 0 rings (SSSR count). The lowest BCUT2D eigenvalue weighted by Crippen LogP contribution is -2.00. The molecule has 66 valence electrons. The Morgan fingerprint density at radius 3 is 2.82 bits per heavy atom. The molecule has 0 radical (unpaired) electrons. The van der Waals surface area contributed by atoms with E-state index in [-0.39, 0.29) is 0 Å². The van der Waals surface area contributed by atoms with Crippen molar-refractivity contribution in [1.82, 2.24) is 0 Å². The molecule has 0 amide bonds. The summed E-state index contributed by atoms with van der Waals surface area (Å²) in [5, 5.41) is 3.69. The van der Waals surface area contributed by atoms with Gasteiger partial charge in [-0.25, -0.2) is 0 Å². The van der Waals surface area contributed by atoms with Gasteiger partial charge in [-0.1, -0.05) is 5.16 Å². The van der Waals surface area contributed by atoms with Crippen LogP contribution in [-0.4, -0.2) is 25.0 Å². The standard InChI is InChI=1S/C7H14ClNO2/c1-3-10-7(2)9-11-6-4-5-8/h3-6H2,1-2H3. The maximum absolute atomic E-state index is 5.42. The van der Waals surface area contributed by atoms with Crippen molar-refractivity contribution >= 4 is 17.5 Å². The largest absolute Gasteiger partial charge is 0.479 e. The summed E-state index contributed by atoms with van der Waals surface area (Å²) in [5.41, 5.74) is 0. The Kier molecular flexibility index (Phi) is 7.36. The van der Waals surface area contributed by atoms with E-state index in [1.54, 1.807) is 6.92 Å². The quantitative estimate of drug-likeness (QED) is 0.213. The Balaban J connectivity index is 3.24. The Labute approximate surface area is 72.3 Å². The molecule has 0 aliphatic carbocycles. The normalized spacial score (nSPS) is 11.4. The minimum Gasteiger partial charge on any atom is -0.479 e. The maximum atomic E-state index is 5.42. The minimum absolute atomic E-state index is 0.550. The summed E-state index contributed by atoms with van der Waals surface area (Å²) in [6.45, 7) is 4.82. The average molecular weight is 180 g/mol. The predicted molar refractivity (Wildman–Crippen MR) is 46.0 cm³/mol. The van der Waals surface area contributed by atoms with Crippen LogP contribution in [0.25, 0.3) is 0 Å². The van der Waals surface area contributed by atoms with Gasteiger partial charge >= 0.3 is 0 Å². The highest BCUT2D eigenvalue weighted by Crippen LogP contribution is 1.88. The molecule has 0 aromatic carbocycles. The summed E-state index contributed by atoms with van der Waals surface area (Å²) in [5.74, 6) is 1.16. The molecule has 0 N–H and O–H groups in total. The average Bonchev–Trinajstić information content (AvgIpc) is 1.99. The van der Waals surface area contributed by atoms with Crippen LogP contribution in [0.2, 0.25) is 0 Å². The fourth-order valence-corrected chi connectivity index (χ4v) is 0.600. The van der Waals surface area contributed by atoms with Crippen LogP contribution in [0.1, 0.15) is 20.3 Å². The molecule has 0 saturated carbocycles. The van der Waals surface area contributed by atoms with E-state index in [4.69, 9.17) is 21.2 Å². The first kappa shape index (κ1) is 10.6. The van der Waals surface area contributed by atoms with Crippen LogP contribution in [0.3, 0.4) is 0 Å². The molecule has 0 unspecified atom stereocenters. The van der Waals surface area contributed by atoms with Crippen LogP contribution >= 0.6 is 11.6 Å². The van der Waals surface area contributed by atoms with Crippen molar-refractivity contribution in [3.63, 3.8) is 0 Å². The molecule has 0 aromatic rings. The van der Waals surface area contributed by atoms with Crippen molar-refractivity contribution in [3.8, 4) is 0 Å². The summed E-state index contributed by atoms with van der Waals surface area (Å²) in [6.07, 6.45) is 0.810. The maximum Gasteiger partial charge on any atom is 0.222 e. The van der Waals surface area contributed by atoms with Crippen LogP contribution in [0, 0.1) is 0 Å². The van der Waals surface area contributed by atoms with Crippen LogP contribution in [0.15, 0.2) is 5.16 Å². The second-order valence-electron chi connectivity index (χ2n) is 1.92.